The summed E-state index contributed by atoms with van der Waals surface area (Å²) in [4.78, 5) is 16.8. The number of aromatic nitrogens is 3. The Morgan fingerprint density at radius 1 is 1.28 bits per heavy atom. The zero-order valence-corrected chi connectivity index (χ0v) is 19.0. The number of methoxy groups -OCH3 is 1. The summed E-state index contributed by atoms with van der Waals surface area (Å²) in [5.41, 5.74) is 8.60. The van der Waals surface area contributed by atoms with Crippen LogP contribution in [0.25, 0.3) is 11.0 Å². The fourth-order valence-corrected chi connectivity index (χ4v) is 4.29. The Morgan fingerprint density at radius 2 is 2.09 bits per heavy atom. The van der Waals surface area contributed by atoms with Gasteiger partial charge in [0.05, 0.1) is 28.9 Å². The van der Waals surface area contributed by atoms with E-state index in [1.54, 1.807) is 26.4 Å². The van der Waals surface area contributed by atoms with Gasteiger partial charge >= 0.3 is 0 Å². The Hall–Kier alpha value is -3.26. The van der Waals surface area contributed by atoms with Crippen molar-refractivity contribution in [2.45, 2.75) is 38.1 Å². The van der Waals surface area contributed by atoms with Crippen LogP contribution in [0.1, 0.15) is 37.7 Å². The van der Waals surface area contributed by atoms with Gasteiger partial charge in [-0.05, 0) is 37.3 Å². The molecule has 8 nitrogen and oxygen atoms in total. The minimum absolute atomic E-state index is 0.386. The van der Waals surface area contributed by atoms with Crippen molar-refractivity contribution in [3.05, 3.63) is 47.3 Å². The lowest BCUT2D eigenvalue weighted by atomic mass is 9.95. The molecule has 4 rings (SSSR count). The van der Waals surface area contributed by atoms with Crippen molar-refractivity contribution in [1.29, 1.82) is 0 Å². The normalized spacial score (nSPS) is 15.4. The van der Waals surface area contributed by atoms with Crippen LogP contribution in [0, 0.1) is 0 Å². The summed E-state index contributed by atoms with van der Waals surface area (Å²) in [6.45, 7) is 0. The number of aromatic amines is 1. The van der Waals surface area contributed by atoms with E-state index >= 15 is 0 Å². The Balaban J connectivity index is 1.66. The third-order valence-electron chi connectivity index (χ3n) is 5.67. The zero-order valence-electron chi connectivity index (χ0n) is 18.3. The third-order valence-corrected chi connectivity index (χ3v) is 5.97. The molecule has 32 heavy (non-hydrogen) atoms. The van der Waals surface area contributed by atoms with E-state index in [2.05, 4.69) is 25.6 Å². The first kappa shape index (κ1) is 22.0. The number of nitrogens with zero attached hydrogens (tertiary/aromatic N) is 3. The molecular weight excluding hydrogens is 426 g/mol. The number of rotatable bonds is 7. The van der Waals surface area contributed by atoms with Gasteiger partial charge < -0.3 is 26.1 Å². The van der Waals surface area contributed by atoms with Crippen molar-refractivity contribution in [1.82, 2.24) is 15.0 Å². The summed E-state index contributed by atoms with van der Waals surface area (Å²) in [5.74, 6) is 1.83. The second-order valence-corrected chi connectivity index (χ2v) is 8.15. The van der Waals surface area contributed by atoms with Crippen molar-refractivity contribution < 1.29 is 4.74 Å². The molecule has 1 aliphatic carbocycles. The van der Waals surface area contributed by atoms with Gasteiger partial charge in [-0.2, -0.15) is 9.97 Å². The molecule has 0 unspecified atom stereocenters. The maximum atomic E-state index is 6.42. The number of hydrogen-bond donors (Lipinski definition) is 4. The summed E-state index contributed by atoms with van der Waals surface area (Å²) in [6, 6.07) is 6.14. The van der Waals surface area contributed by atoms with E-state index in [4.69, 9.17) is 27.1 Å². The molecule has 1 fully saturated rings. The Labute approximate surface area is 192 Å². The SMILES string of the molecule is CN=C(C=CN)c1ccc(Nc2nc(NC3CCCCC3)c3c(Cl)c[nH]c3n2)c(OC)c1. The highest BCUT2D eigenvalue weighted by Gasteiger charge is 2.19. The van der Waals surface area contributed by atoms with Crippen molar-refractivity contribution in [2.75, 3.05) is 24.8 Å². The quantitative estimate of drug-likeness (QED) is 0.374. The van der Waals surface area contributed by atoms with Crippen LogP contribution in [0.3, 0.4) is 0 Å². The Morgan fingerprint density at radius 3 is 2.81 bits per heavy atom. The first-order valence-corrected chi connectivity index (χ1v) is 11.1. The molecule has 2 heterocycles. The lowest BCUT2D eigenvalue weighted by Gasteiger charge is -2.24. The minimum atomic E-state index is 0.386. The Bertz CT molecular complexity index is 1150. The molecule has 2 aromatic heterocycles. The van der Waals surface area contributed by atoms with Crippen molar-refractivity contribution in [3.63, 3.8) is 0 Å². The standard InChI is InChI=1S/C23H28ClN7O/c1-26-17(10-11-25)14-8-9-18(19(12-14)32-2)29-23-30-21-20(16(24)13-27-21)22(31-23)28-15-6-4-3-5-7-15/h8-13,15H,3-7,25H2,1-2H3,(H3,27,28,29,30,31). The minimum Gasteiger partial charge on any atom is -0.495 e. The number of aliphatic imine (C=N–C) groups is 1. The molecule has 3 aromatic rings. The fraction of sp³-hybridized carbons (Fsp3) is 0.348. The second-order valence-electron chi connectivity index (χ2n) is 7.74. The monoisotopic (exact) mass is 453 g/mol. The van der Waals surface area contributed by atoms with E-state index in [0.29, 0.717) is 28.4 Å². The van der Waals surface area contributed by atoms with E-state index in [1.807, 2.05) is 18.2 Å². The van der Waals surface area contributed by atoms with Gasteiger partial charge in [-0.3, -0.25) is 4.99 Å². The van der Waals surface area contributed by atoms with Crippen LogP contribution in [-0.2, 0) is 0 Å². The number of hydrogen-bond acceptors (Lipinski definition) is 7. The van der Waals surface area contributed by atoms with Crippen molar-refractivity contribution >= 4 is 45.8 Å². The highest BCUT2D eigenvalue weighted by molar-refractivity contribution is 6.36. The molecule has 0 saturated heterocycles. The summed E-state index contributed by atoms with van der Waals surface area (Å²) in [7, 11) is 3.34. The summed E-state index contributed by atoms with van der Waals surface area (Å²) >= 11 is 6.42. The van der Waals surface area contributed by atoms with Crippen LogP contribution in [0.4, 0.5) is 17.5 Å². The van der Waals surface area contributed by atoms with E-state index in [0.717, 1.165) is 41.0 Å². The molecule has 1 aliphatic rings. The average Bonchev–Trinajstić information content (AvgIpc) is 3.19. The zero-order chi connectivity index (χ0) is 22.5. The van der Waals surface area contributed by atoms with Crippen molar-refractivity contribution in [3.8, 4) is 5.75 Å². The largest absolute Gasteiger partial charge is 0.495 e. The number of benzene rings is 1. The van der Waals surface area contributed by atoms with Gasteiger partial charge in [0, 0.05) is 24.8 Å². The fourth-order valence-electron chi connectivity index (χ4n) is 4.06. The molecule has 0 atom stereocenters. The average molecular weight is 454 g/mol. The predicted octanol–water partition coefficient (Wildman–Crippen LogP) is 5.00. The Kier molecular flexibility index (Phi) is 6.80. The molecule has 0 amide bonds. The first-order chi connectivity index (χ1) is 15.6. The van der Waals surface area contributed by atoms with Crippen LogP contribution in [0.5, 0.6) is 5.75 Å². The van der Waals surface area contributed by atoms with Crippen molar-refractivity contribution in [2.24, 2.45) is 10.7 Å². The number of nitrogens with one attached hydrogen (secondary N) is 3. The number of fused-ring (bicyclic) bond motifs is 1. The predicted molar refractivity (Wildman–Crippen MR) is 131 cm³/mol. The number of nitrogens with two attached hydrogens (primary N) is 1. The van der Waals surface area contributed by atoms with Gasteiger partial charge in [-0.1, -0.05) is 36.9 Å². The van der Waals surface area contributed by atoms with E-state index in [-0.39, 0.29) is 0 Å². The number of ether oxygens (including phenoxy) is 1. The van der Waals surface area contributed by atoms with Crippen LogP contribution in [0.2, 0.25) is 5.02 Å². The number of allylic oxidation sites excluding steroid dienone is 1. The highest BCUT2D eigenvalue weighted by Crippen LogP contribution is 2.33. The molecule has 168 valence electrons. The molecule has 0 radical (unpaired) electrons. The highest BCUT2D eigenvalue weighted by atomic mass is 35.5. The van der Waals surface area contributed by atoms with E-state index < -0.39 is 0 Å². The summed E-state index contributed by atoms with van der Waals surface area (Å²) in [5, 5.41) is 8.29. The van der Waals surface area contributed by atoms with Crippen LogP contribution >= 0.6 is 11.6 Å². The molecule has 0 spiro atoms. The second kappa shape index (κ2) is 9.91. The number of halogens is 1. The molecular formula is C23H28ClN7O. The van der Waals surface area contributed by atoms with Gasteiger partial charge in [0.1, 0.15) is 17.2 Å². The molecule has 0 aliphatic heterocycles. The molecule has 9 heteroatoms. The summed E-state index contributed by atoms with van der Waals surface area (Å²) in [6.07, 6.45) is 10.9. The lowest BCUT2D eigenvalue weighted by Crippen LogP contribution is -2.23. The van der Waals surface area contributed by atoms with Gasteiger partial charge in [0.2, 0.25) is 5.95 Å². The van der Waals surface area contributed by atoms with Gasteiger partial charge in [0.15, 0.2) is 0 Å². The smallest absolute Gasteiger partial charge is 0.231 e. The van der Waals surface area contributed by atoms with Gasteiger partial charge in [-0.25, -0.2) is 0 Å². The molecule has 0 bridgehead atoms. The first-order valence-electron chi connectivity index (χ1n) is 10.7. The lowest BCUT2D eigenvalue weighted by molar-refractivity contribution is 0.416. The number of H-pyrrole nitrogens is 1. The van der Waals surface area contributed by atoms with Gasteiger partial charge in [-0.15, -0.1) is 0 Å². The molecule has 1 saturated carbocycles. The van der Waals surface area contributed by atoms with Crippen LogP contribution in [0.15, 0.2) is 41.7 Å². The molecule has 5 N–H and O–H groups in total. The number of anilines is 3. The maximum absolute atomic E-state index is 6.42. The van der Waals surface area contributed by atoms with E-state index in [1.165, 1.54) is 25.5 Å². The van der Waals surface area contributed by atoms with E-state index in [9.17, 15) is 0 Å². The maximum Gasteiger partial charge on any atom is 0.231 e. The molecule has 1 aromatic carbocycles. The van der Waals surface area contributed by atoms with Crippen LogP contribution in [-0.4, -0.2) is 40.9 Å². The van der Waals surface area contributed by atoms with Crippen LogP contribution < -0.4 is 21.1 Å². The summed E-state index contributed by atoms with van der Waals surface area (Å²) < 4.78 is 5.60. The van der Waals surface area contributed by atoms with Gasteiger partial charge in [0.25, 0.3) is 0 Å². The topological polar surface area (TPSA) is 113 Å². The third kappa shape index (κ3) is 4.65.